The molecule has 1 aliphatic carbocycles. The third-order valence-corrected chi connectivity index (χ3v) is 6.32. The maximum atomic E-state index is 12.1. The van der Waals surface area contributed by atoms with Crippen molar-refractivity contribution in [3.05, 3.63) is 40.5 Å². The second-order valence-corrected chi connectivity index (χ2v) is 8.26. The molecule has 158 valence electrons. The van der Waals surface area contributed by atoms with Crippen molar-refractivity contribution < 1.29 is 19.0 Å². The molecule has 4 rings (SSSR count). The molecule has 2 heterocycles. The fourth-order valence-electron chi connectivity index (χ4n) is 3.67. The molecular formula is C22H25N3O4S. The molecule has 0 atom stereocenters. The van der Waals surface area contributed by atoms with E-state index in [0.29, 0.717) is 23.1 Å². The van der Waals surface area contributed by atoms with E-state index in [2.05, 4.69) is 9.97 Å². The molecule has 0 spiro atoms. The highest BCUT2D eigenvalue weighted by molar-refractivity contribution is 7.19. The van der Waals surface area contributed by atoms with Crippen molar-refractivity contribution in [2.45, 2.75) is 45.1 Å². The highest BCUT2D eigenvalue weighted by atomic mass is 32.1. The van der Waals surface area contributed by atoms with Crippen molar-refractivity contribution in [3.8, 4) is 11.5 Å². The molecule has 1 aromatic carbocycles. The number of carbonyl (C=O) groups is 1. The summed E-state index contributed by atoms with van der Waals surface area (Å²) in [4.78, 5) is 23.3. The highest BCUT2D eigenvalue weighted by Crippen LogP contribution is 2.37. The van der Waals surface area contributed by atoms with E-state index in [1.807, 2.05) is 12.1 Å². The average Bonchev–Trinajstić information content (AvgIpc) is 2.94. The fraction of sp³-hybridized carbons (Fsp3) is 0.409. The second kappa shape index (κ2) is 9.30. The second-order valence-electron chi connectivity index (χ2n) is 7.18. The first-order valence-corrected chi connectivity index (χ1v) is 11.0. The molecule has 7 nitrogen and oxygen atoms in total. The lowest BCUT2D eigenvalue weighted by atomic mass is 10.1. The van der Waals surface area contributed by atoms with Crippen molar-refractivity contribution in [2.75, 3.05) is 19.5 Å². The summed E-state index contributed by atoms with van der Waals surface area (Å²) in [6.45, 7) is 0.190. The third kappa shape index (κ3) is 4.48. The van der Waals surface area contributed by atoms with E-state index in [9.17, 15) is 4.79 Å². The Kier molecular flexibility index (Phi) is 6.32. The quantitative estimate of drug-likeness (QED) is 0.448. The summed E-state index contributed by atoms with van der Waals surface area (Å²) >= 11 is 1.69. The summed E-state index contributed by atoms with van der Waals surface area (Å²) in [5, 5.41) is 0.984. The van der Waals surface area contributed by atoms with Gasteiger partial charge in [-0.1, -0.05) is 18.6 Å². The first kappa shape index (κ1) is 20.4. The maximum absolute atomic E-state index is 12.1. The zero-order chi connectivity index (χ0) is 20.9. The number of anilines is 1. The van der Waals surface area contributed by atoms with Crippen molar-refractivity contribution in [1.82, 2.24) is 9.97 Å². The number of ether oxygens (including phenoxy) is 3. The molecule has 8 heteroatoms. The van der Waals surface area contributed by atoms with Gasteiger partial charge < -0.3 is 19.9 Å². The standard InChI is InChI=1S/C22H25N3O4S/c1-27-15-8-5-6-9-16(15)28-12-11-19(26)29-13-18-24-21(23)20-14-7-3-2-4-10-17(14)30-22(20)25-18/h5-6,8-9H,2-4,7,10-13H2,1H3,(H2,23,24,25). The van der Waals surface area contributed by atoms with Crippen LogP contribution in [-0.4, -0.2) is 29.7 Å². The Morgan fingerprint density at radius 2 is 1.93 bits per heavy atom. The van der Waals surface area contributed by atoms with Crippen LogP contribution >= 0.6 is 11.3 Å². The average molecular weight is 428 g/mol. The highest BCUT2D eigenvalue weighted by Gasteiger charge is 2.19. The smallest absolute Gasteiger partial charge is 0.309 e. The number of rotatable bonds is 7. The van der Waals surface area contributed by atoms with E-state index in [1.165, 1.54) is 29.7 Å². The number of carbonyl (C=O) groups excluding carboxylic acids is 1. The number of thiophene rings is 1. The number of nitrogens with two attached hydrogens (primary N) is 1. The monoisotopic (exact) mass is 427 g/mol. The Labute approximate surface area is 179 Å². The van der Waals surface area contributed by atoms with E-state index in [4.69, 9.17) is 19.9 Å². The number of fused-ring (bicyclic) bond motifs is 3. The Bertz CT molecular complexity index is 1050. The zero-order valence-electron chi connectivity index (χ0n) is 17.0. The van der Waals surface area contributed by atoms with Crippen LogP contribution in [0.1, 0.15) is 41.9 Å². The number of benzene rings is 1. The van der Waals surface area contributed by atoms with Gasteiger partial charge in [0, 0.05) is 4.88 Å². The van der Waals surface area contributed by atoms with Gasteiger partial charge in [-0.2, -0.15) is 0 Å². The first-order chi connectivity index (χ1) is 14.7. The van der Waals surface area contributed by atoms with Gasteiger partial charge in [-0.05, 0) is 43.4 Å². The minimum atomic E-state index is -0.380. The maximum Gasteiger partial charge on any atom is 0.309 e. The fourth-order valence-corrected chi connectivity index (χ4v) is 4.96. The number of para-hydroxylation sites is 2. The van der Waals surface area contributed by atoms with Crippen LogP contribution < -0.4 is 15.2 Å². The van der Waals surface area contributed by atoms with Crippen molar-refractivity contribution in [1.29, 1.82) is 0 Å². The third-order valence-electron chi connectivity index (χ3n) is 5.13. The minimum Gasteiger partial charge on any atom is -0.493 e. The van der Waals surface area contributed by atoms with Gasteiger partial charge in [-0.15, -0.1) is 11.3 Å². The SMILES string of the molecule is COc1ccccc1OCCC(=O)OCc1nc(N)c2c3c(sc2n1)CCCCC3. The van der Waals surface area contributed by atoms with E-state index in [1.54, 1.807) is 30.6 Å². The normalized spacial score (nSPS) is 13.5. The van der Waals surface area contributed by atoms with Crippen molar-refractivity contribution in [3.63, 3.8) is 0 Å². The van der Waals surface area contributed by atoms with Crippen molar-refractivity contribution >= 4 is 33.3 Å². The lowest BCUT2D eigenvalue weighted by Crippen LogP contribution is -2.12. The first-order valence-electron chi connectivity index (χ1n) is 10.1. The van der Waals surface area contributed by atoms with Gasteiger partial charge >= 0.3 is 5.97 Å². The molecule has 3 aromatic rings. The van der Waals surface area contributed by atoms with Gasteiger partial charge in [0.25, 0.3) is 0 Å². The zero-order valence-corrected chi connectivity index (χ0v) is 17.8. The van der Waals surface area contributed by atoms with Gasteiger partial charge in [-0.3, -0.25) is 4.79 Å². The minimum absolute atomic E-state index is 0.00377. The van der Waals surface area contributed by atoms with E-state index < -0.39 is 0 Å². The van der Waals surface area contributed by atoms with Crippen LogP contribution in [0.15, 0.2) is 24.3 Å². The number of methoxy groups -OCH3 is 1. The molecule has 0 saturated carbocycles. The Hall–Kier alpha value is -2.87. The van der Waals surface area contributed by atoms with Gasteiger partial charge in [0.2, 0.25) is 0 Å². The summed E-state index contributed by atoms with van der Waals surface area (Å²) in [6, 6.07) is 7.29. The van der Waals surface area contributed by atoms with Gasteiger partial charge in [0.1, 0.15) is 10.6 Å². The number of aromatic nitrogens is 2. The molecule has 0 aliphatic heterocycles. The number of hydrogen-bond acceptors (Lipinski definition) is 8. The van der Waals surface area contributed by atoms with Gasteiger partial charge in [-0.25, -0.2) is 9.97 Å². The largest absolute Gasteiger partial charge is 0.493 e. The molecule has 1 aliphatic rings. The molecule has 0 saturated heterocycles. The Morgan fingerprint density at radius 1 is 1.13 bits per heavy atom. The van der Waals surface area contributed by atoms with E-state index in [-0.39, 0.29) is 25.6 Å². The summed E-state index contributed by atoms with van der Waals surface area (Å²) in [6.07, 6.45) is 5.85. The predicted molar refractivity (Wildman–Crippen MR) is 116 cm³/mol. The van der Waals surface area contributed by atoms with Crippen LogP contribution in [0.25, 0.3) is 10.2 Å². The molecule has 0 bridgehead atoms. The van der Waals surface area contributed by atoms with Crippen LogP contribution in [0.5, 0.6) is 11.5 Å². The molecule has 2 aromatic heterocycles. The molecule has 30 heavy (non-hydrogen) atoms. The topological polar surface area (TPSA) is 96.6 Å². The van der Waals surface area contributed by atoms with Gasteiger partial charge in [0.05, 0.1) is 25.5 Å². The van der Waals surface area contributed by atoms with Crippen LogP contribution in [0.3, 0.4) is 0 Å². The molecule has 0 amide bonds. The van der Waals surface area contributed by atoms with Crippen LogP contribution in [-0.2, 0) is 29.0 Å². The molecule has 2 N–H and O–H groups in total. The Morgan fingerprint density at radius 3 is 2.77 bits per heavy atom. The van der Waals surface area contributed by atoms with Crippen LogP contribution in [0.2, 0.25) is 0 Å². The summed E-state index contributed by atoms with van der Waals surface area (Å²) in [5.74, 6) is 1.73. The number of aryl methyl sites for hydroxylation is 2. The lowest BCUT2D eigenvalue weighted by Gasteiger charge is -2.10. The van der Waals surface area contributed by atoms with E-state index >= 15 is 0 Å². The van der Waals surface area contributed by atoms with Gasteiger partial charge in [0.15, 0.2) is 23.9 Å². The molecule has 0 fully saturated rings. The number of nitrogen functional groups attached to an aromatic ring is 1. The van der Waals surface area contributed by atoms with Crippen molar-refractivity contribution in [2.24, 2.45) is 0 Å². The summed E-state index contributed by atoms with van der Waals surface area (Å²) < 4.78 is 16.2. The lowest BCUT2D eigenvalue weighted by molar-refractivity contribution is -0.145. The molecule has 0 unspecified atom stereocenters. The van der Waals surface area contributed by atoms with E-state index in [0.717, 1.165) is 23.1 Å². The Balaban J connectivity index is 1.35. The number of nitrogens with zero attached hydrogens (tertiary/aromatic N) is 2. The number of esters is 1. The number of hydrogen-bond donors (Lipinski definition) is 1. The summed E-state index contributed by atoms with van der Waals surface area (Å²) in [7, 11) is 1.57. The summed E-state index contributed by atoms with van der Waals surface area (Å²) in [5.41, 5.74) is 7.55. The molecule has 0 radical (unpaired) electrons. The molecular weight excluding hydrogens is 402 g/mol. The van der Waals surface area contributed by atoms with Crippen LogP contribution in [0, 0.1) is 0 Å². The predicted octanol–water partition coefficient (Wildman–Crippen LogP) is 4.06. The van der Waals surface area contributed by atoms with Crippen LogP contribution in [0.4, 0.5) is 5.82 Å².